The fourth-order valence-corrected chi connectivity index (χ4v) is 1.45. The van der Waals surface area contributed by atoms with E-state index in [1.165, 1.54) is 18.3 Å². The zero-order valence-electron chi connectivity index (χ0n) is 8.77. The van der Waals surface area contributed by atoms with Crippen LogP contribution in [-0.4, -0.2) is 10.8 Å². The number of hydrogen-bond donors (Lipinski definition) is 0. The van der Waals surface area contributed by atoms with E-state index in [0.29, 0.717) is 16.7 Å². The largest absolute Gasteiger partial charge is 0.289 e. The van der Waals surface area contributed by atoms with E-state index in [4.69, 9.17) is 0 Å². The van der Waals surface area contributed by atoms with Gasteiger partial charge in [-0.2, -0.15) is 0 Å². The van der Waals surface area contributed by atoms with E-state index in [2.05, 4.69) is 4.98 Å². The van der Waals surface area contributed by atoms with Crippen molar-refractivity contribution in [3.63, 3.8) is 0 Å². The van der Waals surface area contributed by atoms with Gasteiger partial charge in [-0.05, 0) is 42.8 Å². The van der Waals surface area contributed by atoms with Gasteiger partial charge in [0.1, 0.15) is 5.82 Å². The lowest BCUT2D eigenvalue weighted by Crippen LogP contribution is -2.02. The van der Waals surface area contributed by atoms with Crippen LogP contribution < -0.4 is 0 Å². The number of aryl methyl sites for hydroxylation is 1. The van der Waals surface area contributed by atoms with Crippen molar-refractivity contribution in [2.45, 2.75) is 6.92 Å². The molecule has 0 amide bonds. The molecule has 0 saturated heterocycles. The summed E-state index contributed by atoms with van der Waals surface area (Å²) in [6, 6.07) is 7.72. The van der Waals surface area contributed by atoms with Crippen LogP contribution in [0.5, 0.6) is 0 Å². The first kappa shape index (κ1) is 10.5. The Bertz CT molecular complexity index is 523. The van der Waals surface area contributed by atoms with Crippen LogP contribution in [0.2, 0.25) is 0 Å². The third-order valence-corrected chi connectivity index (χ3v) is 2.34. The molecule has 0 saturated carbocycles. The second kappa shape index (κ2) is 4.23. The number of pyridine rings is 1. The summed E-state index contributed by atoms with van der Waals surface area (Å²) in [5, 5.41) is 0. The quantitative estimate of drug-likeness (QED) is 0.721. The second-order valence-electron chi connectivity index (χ2n) is 3.53. The molecule has 2 rings (SSSR count). The van der Waals surface area contributed by atoms with Crippen molar-refractivity contribution < 1.29 is 9.18 Å². The standard InChI is InChI=1S/C13H10FNO/c1-9-7-10(4-5-12(9)14)13(16)11-3-2-6-15-8-11/h2-8H,1H3. The van der Waals surface area contributed by atoms with Crippen molar-refractivity contribution in [2.24, 2.45) is 0 Å². The van der Waals surface area contributed by atoms with E-state index in [1.54, 1.807) is 31.3 Å². The topological polar surface area (TPSA) is 30.0 Å². The number of ketones is 1. The van der Waals surface area contributed by atoms with Crippen LogP contribution in [0, 0.1) is 12.7 Å². The first-order chi connectivity index (χ1) is 7.68. The average molecular weight is 215 g/mol. The number of halogens is 1. The Morgan fingerprint density at radius 3 is 2.69 bits per heavy atom. The third kappa shape index (κ3) is 1.98. The number of aromatic nitrogens is 1. The van der Waals surface area contributed by atoms with Crippen molar-refractivity contribution in [1.29, 1.82) is 0 Å². The molecular weight excluding hydrogens is 205 g/mol. The monoisotopic (exact) mass is 215 g/mol. The predicted molar refractivity (Wildman–Crippen MR) is 58.8 cm³/mol. The summed E-state index contributed by atoms with van der Waals surface area (Å²) in [5.74, 6) is -0.445. The van der Waals surface area contributed by atoms with Gasteiger partial charge in [0, 0.05) is 23.5 Å². The summed E-state index contributed by atoms with van der Waals surface area (Å²) in [4.78, 5) is 15.8. The summed E-state index contributed by atoms with van der Waals surface area (Å²) in [7, 11) is 0. The highest BCUT2D eigenvalue weighted by molar-refractivity contribution is 6.08. The van der Waals surface area contributed by atoms with Gasteiger partial charge in [-0.25, -0.2) is 4.39 Å². The Morgan fingerprint density at radius 2 is 2.06 bits per heavy atom. The van der Waals surface area contributed by atoms with E-state index in [-0.39, 0.29) is 11.6 Å². The molecule has 16 heavy (non-hydrogen) atoms. The van der Waals surface area contributed by atoms with E-state index in [9.17, 15) is 9.18 Å². The molecule has 0 spiro atoms. The molecule has 2 nitrogen and oxygen atoms in total. The minimum Gasteiger partial charge on any atom is -0.289 e. The minimum atomic E-state index is -0.303. The summed E-state index contributed by atoms with van der Waals surface area (Å²) < 4.78 is 13.0. The van der Waals surface area contributed by atoms with Gasteiger partial charge in [-0.15, -0.1) is 0 Å². The zero-order valence-corrected chi connectivity index (χ0v) is 8.77. The summed E-state index contributed by atoms with van der Waals surface area (Å²) in [6.45, 7) is 1.63. The van der Waals surface area contributed by atoms with Crippen molar-refractivity contribution in [1.82, 2.24) is 4.98 Å². The first-order valence-corrected chi connectivity index (χ1v) is 4.89. The number of nitrogens with zero attached hydrogens (tertiary/aromatic N) is 1. The molecule has 3 heteroatoms. The highest BCUT2D eigenvalue weighted by atomic mass is 19.1. The number of benzene rings is 1. The Hall–Kier alpha value is -2.03. The van der Waals surface area contributed by atoms with Gasteiger partial charge in [-0.3, -0.25) is 9.78 Å². The predicted octanol–water partition coefficient (Wildman–Crippen LogP) is 2.76. The average Bonchev–Trinajstić information content (AvgIpc) is 2.33. The molecule has 0 aliphatic carbocycles. The Kier molecular flexibility index (Phi) is 2.77. The van der Waals surface area contributed by atoms with Crippen LogP contribution in [0.4, 0.5) is 4.39 Å². The second-order valence-corrected chi connectivity index (χ2v) is 3.53. The molecule has 0 radical (unpaired) electrons. The fraction of sp³-hybridized carbons (Fsp3) is 0.0769. The van der Waals surface area contributed by atoms with E-state index < -0.39 is 0 Å². The molecule has 0 aliphatic rings. The molecular formula is C13H10FNO. The Labute approximate surface area is 92.8 Å². The van der Waals surface area contributed by atoms with Crippen LogP contribution in [-0.2, 0) is 0 Å². The maximum absolute atomic E-state index is 13.0. The van der Waals surface area contributed by atoms with Crippen LogP contribution in [0.15, 0.2) is 42.7 Å². The number of carbonyl (C=O) groups is 1. The van der Waals surface area contributed by atoms with E-state index in [1.807, 2.05) is 0 Å². The van der Waals surface area contributed by atoms with Crippen molar-refractivity contribution >= 4 is 5.78 Å². The van der Waals surface area contributed by atoms with Crippen molar-refractivity contribution in [3.05, 3.63) is 65.2 Å². The lowest BCUT2D eigenvalue weighted by atomic mass is 10.0. The normalized spacial score (nSPS) is 10.1. The fourth-order valence-electron chi connectivity index (χ4n) is 1.45. The zero-order chi connectivity index (χ0) is 11.5. The summed E-state index contributed by atoms with van der Waals surface area (Å²) in [5.41, 5.74) is 1.45. The van der Waals surface area contributed by atoms with Crippen LogP contribution in [0.3, 0.4) is 0 Å². The molecule has 0 atom stereocenters. The van der Waals surface area contributed by atoms with Crippen LogP contribution >= 0.6 is 0 Å². The van der Waals surface area contributed by atoms with Crippen LogP contribution in [0.25, 0.3) is 0 Å². The smallest absolute Gasteiger partial charge is 0.194 e. The lowest BCUT2D eigenvalue weighted by Gasteiger charge is -2.02. The lowest BCUT2D eigenvalue weighted by molar-refractivity contribution is 0.103. The van der Waals surface area contributed by atoms with E-state index >= 15 is 0 Å². The summed E-state index contributed by atoms with van der Waals surface area (Å²) >= 11 is 0. The maximum atomic E-state index is 13.0. The molecule has 80 valence electrons. The number of hydrogen-bond acceptors (Lipinski definition) is 2. The van der Waals surface area contributed by atoms with Gasteiger partial charge in [0.25, 0.3) is 0 Å². The molecule has 1 heterocycles. The van der Waals surface area contributed by atoms with Gasteiger partial charge >= 0.3 is 0 Å². The highest BCUT2D eigenvalue weighted by Crippen LogP contribution is 2.13. The molecule has 0 aliphatic heterocycles. The van der Waals surface area contributed by atoms with Crippen LogP contribution in [0.1, 0.15) is 21.5 Å². The molecule has 2 aromatic rings. The Morgan fingerprint density at radius 1 is 1.25 bits per heavy atom. The molecule has 1 aromatic heterocycles. The highest BCUT2D eigenvalue weighted by Gasteiger charge is 2.10. The van der Waals surface area contributed by atoms with Gasteiger partial charge < -0.3 is 0 Å². The molecule has 1 aromatic carbocycles. The van der Waals surface area contributed by atoms with Crippen molar-refractivity contribution in [3.8, 4) is 0 Å². The Balaban J connectivity index is 2.39. The summed E-state index contributed by atoms with van der Waals surface area (Å²) in [6.07, 6.45) is 3.10. The molecule has 0 fully saturated rings. The number of carbonyl (C=O) groups excluding carboxylic acids is 1. The molecule has 0 unspecified atom stereocenters. The maximum Gasteiger partial charge on any atom is 0.194 e. The van der Waals surface area contributed by atoms with Gasteiger partial charge in [-0.1, -0.05) is 0 Å². The molecule has 0 N–H and O–H groups in total. The molecule has 0 bridgehead atoms. The van der Waals surface area contributed by atoms with Crippen molar-refractivity contribution in [2.75, 3.05) is 0 Å². The number of rotatable bonds is 2. The van der Waals surface area contributed by atoms with Gasteiger partial charge in [0.2, 0.25) is 0 Å². The van der Waals surface area contributed by atoms with E-state index in [0.717, 1.165) is 0 Å². The SMILES string of the molecule is Cc1cc(C(=O)c2cccnc2)ccc1F. The van der Waals surface area contributed by atoms with Gasteiger partial charge in [0.05, 0.1) is 0 Å². The minimum absolute atomic E-state index is 0.142. The third-order valence-electron chi connectivity index (χ3n) is 2.34. The van der Waals surface area contributed by atoms with Gasteiger partial charge in [0.15, 0.2) is 5.78 Å². The first-order valence-electron chi connectivity index (χ1n) is 4.89.